The third-order valence-corrected chi connectivity index (χ3v) is 6.99. The van der Waals surface area contributed by atoms with Gasteiger partial charge in [-0.1, -0.05) is 48.0 Å². The molecule has 1 N–H and O–H groups in total. The van der Waals surface area contributed by atoms with Crippen LogP contribution < -0.4 is 10.1 Å². The number of hydrogen-bond acceptors (Lipinski definition) is 6. The van der Waals surface area contributed by atoms with Crippen LogP contribution >= 0.6 is 22.9 Å². The van der Waals surface area contributed by atoms with E-state index in [1.165, 1.54) is 25.4 Å². The summed E-state index contributed by atoms with van der Waals surface area (Å²) in [5.74, 6) is -0.689. The van der Waals surface area contributed by atoms with Gasteiger partial charge in [0.2, 0.25) is 0 Å². The Kier molecular flexibility index (Phi) is 5.44. The lowest BCUT2D eigenvalue weighted by Crippen LogP contribution is -2.30. The van der Waals surface area contributed by atoms with Crippen molar-refractivity contribution in [1.29, 1.82) is 0 Å². The van der Waals surface area contributed by atoms with Gasteiger partial charge in [-0.15, -0.1) is 11.3 Å². The Bertz CT molecular complexity index is 1540. The van der Waals surface area contributed by atoms with E-state index in [1.54, 1.807) is 6.07 Å². The molecular weight excluding hydrogens is 462 g/mol. The Morgan fingerprint density at radius 2 is 1.73 bits per heavy atom. The quantitative estimate of drug-likeness (QED) is 0.286. The summed E-state index contributed by atoms with van der Waals surface area (Å²) in [5, 5.41) is 5.69. The number of carbonyl (C=O) groups excluding carboxylic acids is 2. The van der Waals surface area contributed by atoms with Crippen LogP contribution in [0.4, 0.5) is 5.69 Å². The number of rotatable bonds is 5. The van der Waals surface area contributed by atoms with E-state index in [0.29, 0.717) is 22.0 Å². The number of thiophene rings is 1. The fourth-order valence-electron chi connectivity index (χ4n) is 3.67. The average molecular weight is 480 g/mol. The van der Waals surface area contributed by atoms with E-state index in [0.717, 1.165) is 26.4 Å². The SMILES string of the molecule is COc1cc2c(cc1NC(=O)[C@@H](C)OC(=O)c1sc3ccccc3c1Cl)oc1ccccc12. The zero-order valence-corrected chi connectivity index (χ0v) is 19.3. The molecule has 0 spiro atoms. The number of methoxy groups -OCH3 is 1. The molecule has 0 saturated carbocycles. The summed E-state index contributed by atoms with van der Waals surface area (Å²) >= 11 is 7.58. The summed E-state index contributed by atoms with van der Waals surface area (Å²) in [5.41, 5.74) is 1.76. The van der Waals surface area contributed by atoms with E-state index in [1.807, 2.05) is 54.6 Å². The minimum atomic E-state index is -1.06. The van der Waals surface area contributed by atoms with Gasteiger partial charge in [-0.05, 0) is 25.1 Å². The maximum atomic E-state index is 12.8. The molecule has 0 fully saturated rings. The molecule has 0 radical (unpaired) electrons. The standard InChI is InChI=1S/C25H18ClNO5S/c1-13(31-25(29)23-22(26)15-8-4-6-10-21(15)33-23)24(28)27-17-12-19-16(11-20(17)30-2)14-7-3-5-9-18(14)32-19/h3-13H,1-2H3,(H,27,28)/t13-/m1/s1. The first kappa shape index (κ1) is 21.3. The highest BCUT2D eigenvalue weighted by Gasteiger charge is 2.24. The van der Waals surface area contributed by atoms with E-state index >= 15 is 0 Å². The molecule has 3 aromatic carbocycles. The Morgan fingerprint density at radius 1 is 1.00 bits per heavy atom. The van der Waals surface area contributed by atoms with Crippen LogP contribution in [-0.4, -0.2) is 25.1 Å². The molecule has 0 aliphatic carbocycles. The number of fused-ring (bicyclic) bond motifs is 4. The van der Waals surface area contributed by atoms with E-state index in [9.17, 15) is 9.59 Å². The van der Waals surface area contributed by atoms with Crippen molar-refractivity contribution >= 4 is 72.5 Å². The molecule has 33 heavy (non-hydrogen) atoms. The molecule has 2 heterocycles. The van der Waals surface area contributed by atoms with E-state index in [-0.39, 0.29) is 4.88 Å². The van der Waals surface area contributed by atoms with Gasteiger partial charge >= 0.3 is 5.97 Å². The molecule has 0 aliphatic rings. The molecule has 0 saturated heterocycles. The molecule has 6 nitrogen and oxygen atoms in total. The molecule has 166 valence electrons. The third kappa shape index (κ3) is 3.79. The highest BCUT2D eigenvalue weighted by molar-refractivity contribution is 7.21. The molecular formula is C25H18ClNO5S. The summed E-state index contributed by atoms with van der Waals surface area (Å²) in [7, 11) is 1.52. The van der Waals surface area contributed by atoms with Gasteiger partial charge in [-0.25, -0.2) is 4.79 Å². The predicted octanol–water partition coefficient (Wildman–Crippen LogP) is 6.65. The number of para-hydroxylation sites is 1. The normalized spacial score (nSPS) is 12.2. The minimum absolute atomic E-state index is 0.263. The number of benzene rings is 3. The number of amides is 1. The monoisotopic (exact) mass is 479 g/mol. The average Bonchev–Trinajstić information content (AvgIpc) is 3.35. The van der Waals surface area contributed by atoms with Crippen LogP contribution in [0.1, 0.15) is 16.6 Å². The van der Waals surface area contributed by atoms with E-state index in [4.69, 9.17) is 25.5 Å². The van der Waals surface area contributed by atoms with Crippen molar-refractivity contribution in [2.24, 2.45) is 0 Å². The van der Waals surface area contributed by atoms with Gasteiger partial charge in [-0.3, -0.25) is 4.79 Å². The van der Waals surface area contributed by atoms with Gasteiger partial charge in [0.05, 0.1) is 17.8 Å². The Hall–Kier alpha value is -3.55. The fourth-order valence-corrected chi connectivity index (χ4v) is 5.06. The van der Waals surface area contributed by atoms with Crippen LogP contribution in [0.2, 0.25) is 5.02 Å². The first-order valence-electron chi connectivity index (χ1n) is 10.1. The van der Waals surface area contributed by atoms with Crippen LogP contribution in [0.5, 0.6) is 5.75 Å². The lowest BCUT2D eigenvalue weighted by Gasteiger charge is -2.15. The smallest absolute Gasteiger partial charge is 0.350 e. The zero-order valence-electron chi connectivity index (χ0n) is 17.7. The second-order valence-corrected chi connectivity index (χ2v) is 8.86. The van der Waals surface area contributed by atoms with Crippen molar-refractivity contribution in [3.63, 3.8) is 0 Å². The van der Waals surface area contributed by atoms with Crippen LogP contribution in [0.25, 0.3) is 32.0 Å². The highest BCUT2D eigenvalue weighted by atomic mass is 35.5. The molecule has 2 aromatic heterocycles. The fraction of sp³-hybridized carbons (Fsp3) is 0.120. The van der Waals surface area contributed by atoms with Crippen LogP contribution in [0.3, 0.4) is 0 Å². The van der Waals surface area contributed by atoms with Gasteiger partial charge in [0, 0.05) is 26.9 Å². The molecule has 8 heteroatoms. The van der Waals surface area contributed by atoms with Crippen molar-refractivity contribution in [3.05, 3.63) is 70.6 Å². The molecule has 1 amide bonds. The van der Waals surface area contributed by atoms with E-state index < -0.39 is 18.0 Å². The molecule has 1 atom stereocenters. The van der Waals surface area contributed by atoms with Gasteiger partial charge in [-0.2, -0.15) is 0 Å². The van der Waals surface area contributed by atoms with Crippen LogP contribution in [0, 0.1) is 0 Å². The summed E-state index contributed by atoms with van der Waals surface area (Å²) in [4.78, 5) is 25.8. The number of esters is 1. The number of ether oxygens (including phenoxy) is 2. The second-order valence-electron chi connectivity index (χ2n) is 7.42. The molecule has 5 aromatic rings. The maximum Gasteiger partial charge on any atom is 0.350 e. The number of furan rings is 1. The number of nitrogens with one attached hydrogen (secondary N) is 1. The number of hydrogen-bond donors (Lipinski definition) is 1. The van der Waals surface area contributed by atoms with E-state index in [2.05, 4.69) is 5.32 Å². The number of anilines is 1. The zero-order chi connectivity index (χ0) is 23.1. The Balaban J connectivity index is 1.37. The van der Waals surface area contributed by atoms with Gasteiger partial charge in [0.25, 0.3) is 5.91 Å². The Labute approximate surface area is 197 Å². The number of halogens is 1. The maximum absolute atomic E-state index is 12.8. The largest absolute Gasteiger partial charge is 0.495 e. The molecule has 5 rings (SSSR count). The second kappa shape index (κ2) is 8.42. The molecule has 0 bridgehead atoms. The van der Waals surface area contributed by atoms with Gasteiger partial charge in [0.1, 0.15) is 21.8 Å². The van der Waals surface area contributed by atoms with Crippen molar-refractivity contribution in [2.45, 2.75) is 13.0 Å². The van der Waals surface area contributed by atoms with Gasteiger partial charge in [0.15, 0.2) is 6.10 Å². The Morgan fingerprint density at radius 3 is 2.48 bits per heavy atom. The van der Waals surface area contributed by atoms with Crippen LogP contribution in [-0.2, 0) is 9.53 Å². The summed E-state index contributed by atoms with van der Waals surface area (Å²) in [6.07, 6.45) is -1.06. The molecule has 0 aliphatic heterocycles. The highest BCUT2D eigenvalue weighted by Crippen LogP contribution is 2.37. The topological polar surface area (TPSA) is 77.8 Å². The first-order valence-corrected chi connectivity index (χ1v) is 11.3. The summed E-state index contributed by atoms with van der Waals surface area (Å²) in [6.45, 7) is 1.50. The minimum Gasteiger partial charge on any atom is -0.495 e. The van der Waals surface area contributed by atoms with Crippen molar-refractivity contribution < 1.29 is 23.5 Å². The first-order chi connectivity index (χ1) is 16.0. The van der Waals surface area contributed by atoms with Crippen molar-refractivity contribution in [1.82, 2.24) is 0 Å². The lowest BCUT2D eigenvalue weighted by molar-refractivity contribution is -0.123. The van der Waals surface area contributed by atoms with Crippen molar-refractivity contribution in [3.8, 4) is 5.75 Å². The summed E-state index contributed by atoms with van der Waals surface area (Å²) < 4.78 is 17.6. The van der Waals surface area contributed by atoms with Crippen LogP contribution in [0.15, 0.2) is 65.1 Å². The number of carbonyl (C=O) groups is 2. The summed E-state index contributed by atoms with van der Waals surface area (Å²) in [6, 6.07) is 18.6. The predicted molar refractivity (Wildman–Crippen MR) is 131 cm³/mol. The lowest BCUT2D eigenvalue weighted by atomic mass is 10.1. The molecule has 0 unspecified atom stereocenters. The van der Waals surface area contributed by atoms with Gasteiger partial charge < -0.3 is 19.2 Å². The van der Waals surface area contributed by atoms with Crippen molar-refractivity contribution in [2.75, 3.05) is 12.4 Å². The third-order valence-electron chi connectivity index (χ3n) is 5.33.